The summed E-state index contributed by atoms with van der Waals surface area (Å²) in [7, 11) is 0. The summed E-state index contributed by atoms with van der Waals surface area (Å²) in [6.45, 7) is 2.63. The van der Waals surface area contributed by atoms with E-state index in [1.807, 2.05) is 24.8 Å². The number of nitrogens with one attached hydrogen (secondary N) is 2. The maximum atomic E-state index is 12.2. The molecule has 0 aliphatic heterocycles. The highest BCUT2D eigenvalue weighted by Gasteiger charge is 2.28. The summed E-state index contributed by atoms with van der Waals surface area (Å²) in [6.07, 6.45) is -0.0454. The molecule has 0 amide bonds. The molecule has 0 bridgehead atoms. The number of benzene rings is 1. The van der Waals surface area contributed by atoms with Gasteiger partial charge in [-0.25, -0.2) is 4.99 Å². The van der Waals surface area contributed by atoms with Crippen LogP contribution in [0.25, 0.3) is 0 Å². The van der Waals surface area contributed by atoms with E-state index < -0.39 is 12.8 Å². The molecular formula is C17H26F3N3OS. The third kappa shape index (κ3) is 10.8. The minimum atomic E-state index is -4.34. The van der Waals surface area contributed by atoms with Gasteiger partial charge >= 0.3 is 6.18 Å². The lowest BCUT2D eigenvalue weighted by Gasteiger charge is -2.12. The Labute approximate surface area is 151 Å². The number of guanidine groups is 1. The zero-order valence-corrected chi connectivity index (χ0v) is 15.5. The van der Waals surface area contributed by atoms with Crippen molar-refractivity contribution in [3.63, 3.8) is 0 Å². The van der Waals surface area contributed by atoms with Crippen LogP contribution < -0.4 is 15.4 Å². The summed E-state index contributed by atoms with van der Waals surface area (Å²) >= 11 is 1.83. The van der Waals surface area contributed by atoms with Crippen LogP contribution in [0.4, 0.5) is 13.2 Å². The van der Waals surface area contributed by atoms with E-state index in [4.69, 9.17) is 4.74 Å². The number of hydrogen-bond acceptors (Lipinski definition) is 3. The van der Waals surface area contributed by atoms with E-state index >= 15 is 0 Å². The topological polar surface area (TPSA) is 45.7 Å². The number of rotatable bonds is 10. The number of nitrogens with zero attached hydrogens (tertiary/aromatic N) is 1. The van der Waals surface area contributed by atoms with Gasteiger partial charge in [0.2, 0.25) is 0 Å². The number of aliphatic imine (C=N–C) groups is 1. The molecule has 0 aliphatic carbocycles. The van der Waals surface area contributed by atoms with Gasteiger partial charge in [-0.15, -0.1) is 0 Å². The molecule has 8 heteroatoms. The predicted molar refractivity (Wildman–Crippen MR) is 98.4 cm³/mol. The Balaban J connectivity index is 2.54. The fourth-order valence-electron chi connectivity index (χ4n) is 1.99. The smallest absolute Gasteiger partial charge is 0.422 e. The van der Waals surface area contributed by atoms with Gasteiger partial charge in [-0.1, -0.05) is 12.1 Å². The third-order valence-electron chi connectivity index (χ3n) is 3.13. The SMILES string of the molecule is CCNC(=NCc1cccc(OCC(F)(F)F)c1)NCCCCSC. The van der Waals surface area contributed by atoms with E-state index in [0.717, 1.165) is 37.2 Å². The molecule has 25 heavy (non-hydrogen) atoms. The van der Waals surface area contributed by atoms with Crippen LogP contribution in [0.2, 0.25) is 0 Å². The minimum absolute atomic E-state index is 0.194. The fraction of sp³-hybridized carbons (Fsp3) is 0.588. The first-order valence-electron chi connectivity index (χ1n) is 8.24. The number of unbranched alkanes of at least 4 members (excludes halogenated alkanes) is 1. The van der Waals surface area contributed by atoms with Crippen LogP contribution in [-0.4, -0.2) is 43.8 Å². The molecule has 0 fully saturated rings. The molecule has 142 valence electrons. The van der Waals surface area contributed by atoms with Gasteiger partial charge in [0, 0.05) is 13.1 Å². The molecule has 4 nitrogen and oxygen atoms in total. The molecule has 0 saturated heterocycles. The molecule has 0 radical (unpaired) electrons. The van der Waals surface area contributed by atoms with Gasteiger partial charge in [-0.05, 0) is 49.5 Å². The second-order valence-corrected chi connectivity index (χ2v) is 6.36. The maximum absolute atomic E-state index is 12.2. The molecule has 2 N–H and O–H groups in total. The summed E-state index contributed by atoms with van der Waals surface area (Å²) < 4.78 is 41.4. The van der Waals surface area contributed by atoms with Crippen molar-refractivity contribution in [1.29, 1.82) is 0 Å². The van der Waals surface area contributed by atoms with Gasteiger partial charge in [-0.2, -0.15) is 24.9 Å². The van der Waals surface area contributed by atoms with Crippen LogP contribution in [-0.2, 0) is 6.54 Å². The second-order valence-electron chi connectivity index (χ2n) is 5.37. The van der Waals surface area contributed by atoms with E-state index in [2.05, 4.69) is 21.9 Å². The summed E-state index contributed by atoms with van der Waals surface area (Å²) in [6, 6.07) is 6.57. The number of thioether (sulfide) groups is 1. The van der Waals surface area contributed by atoms with Crippen LogP contribution in [0.5, 0.6) is 5.75 Å². The Hall–Kier alpha value is -1.57. The summed E-state index contributed by atoms with van der Waals surface area (Å²) in [4.78, 5) is 4.46. The molecule has 0 atom stereocenters. The Bertz CT molecular complexity index is 524. The minimum Gasteiger partial charge on any atom is -0.484 e. The second kappa shape index (κ2) is 11.9. The average Bonchev–Trinajstić information content (AvgIpc) is 2.57. The van der Waals surface area contributed by atoms with E-state index in [9.17, 15) is 13.2 Å². The molecule has 0 unspecified atom stereocenters. The van der Waals surface area contributed by atoms with Crippen molar-refractivity contribution >= 4 is 17.7 Å². The first kappa shape index (κ1) is 21.5. The quantitative estimate of drug-likeness (QED) is 0.370. The van der Waals surface area contributed by atoms with E-state index in [1.54, 1.807) is 12.1 Å². The third-order valence-corrected chi connectivity index (χ3v) is 3.83. The number of hydrogen-bond donors (Lipinski definition) is 2. The van der Waals surface area contributed by atoms with Gasteiger partial charge in [0.1, 0.15) is 5.75 Å². The van der Waals surface area contributed by atoms with Crippen LogP contribution in [0.15, 0.2) is 29.3 Å². The number of ether oxygens (including phenoxy) is 1. The van der Waals surface area contributed by atoms with Crippen molar-refractivity contribution in [3.8, 4) is 5.75 Å². The lowest BCUT2D eigenvalue weighted by atomic mass is 10.2. The Morgan fingerprint density at radius 3 is 2.72 bits per heavy atom. The Morgan fingerprint density at radius 1 is 1.24 bits per heavy atom. The van der Waals surface area contributed by atoms with E-state index in [-0.39, 0.29) is 5.75 Å². The first-order chi connectivity index (χ1) is 11.9. The molecule has 0 aromatic heterocycles. The Kier molecular flexibility index (Phi) is 10.2. The molecule has 0 saturated carbocycles. The van der Waals surface area contributed by atoms with Crippen LogP contribution in [0.1, 0.15) is 25.3 Å². The van der Waals surface area contributed by atoms with Crippen LogP contribution in [0, 0.1) is 0 Å². The zero-order chi connectivity index (χ0) is 18.5. The summed E-state index contributed by atoms with van der Waals surface area (Å²) in [5, 5.41) is 6.42. The van der Waals surface area contributed by atoms with Crippen molar-refractivity contribution in [3.05, 3.63) is 29.8 Å². The van der Waals surface area contributed by atoms with Gasteiger partial charge in [-0.3, -0.25) is 0 Å². The van der Waals surface area contributed by atoms with Crippen LogP contribution >= 0.6 is 11.8 Å². The molecule has 1 aromatic carbocycles. The zero-order valence-electron chi connectivity index (χ0n) is 14.7. The van der Waals surface area contributed by atoms with Gasteiger partial charge in [0.25, 0.3) is 0 Å². The van der Waals surface area contributed by atoms with Crippen molar-refractivity contribution in [1.82, 2.24) is 10.6 Å². The predicted octanol–water partition coefficient (Wildman–Crippen LogP) is 3.83. The van der Waals surface area contributed by atoms with Crippen LogP contribution in [0.3, 0.4) is 0 Å². The molecule has 0 heterocycles. The van der Waals surface area contributed by atoms with Gasteiger partial charge in [0.15, 0.2) is 12.6 Å². The van der Waals surface area contributed by atoms with Crippen molar-refractivity contribution in [2.75, 3.05) is 31.7 Å². The number of alkyl halides is 3. The molecule has 1 aromatic rings. The molecular weight excluding hydrogens is 351 g/mol. The monoisotopic (exact) mass is 377 g/mol. The highest BCUT2D eigenvalue weighted by atomic mass is 32.2. The van der Waals surface area contributed by atoms with E-state index in [1.165, 1.54) is 6.07 Å². The largest absolute Gasteiger partial charge is 0.484 e. The van der Waals surface area contributed by atoms with Crippen molar-refractivity contribution in [2.45, 2.75) is 32.5 Å². The fourth-order valence-corrected chi connectivity index (χ4v) is 2.48. The number of halogens is 3. The molecule has 0 aliphatic rings. The lowest BCUT2D eigenvalue weighted by molar-refractivity contribution is -0.153. The molecule has 0 spiro atoms. The average molecular weight is 377 g/mol. The van der Waals surface area contributed by atoms with E-state index in [0.29, 0.717) is 12.5 Å². The van der Waals surface area contributed by atoms with Gasteiger partial charge in [0.05, 0.1) is 6.54 Å². The highest BCUT2D eigenvalue weighted by molar-refractivity contribution is 7.98. The highest BCUT2D eigenvalue weighted by Crippen LogP contribution is 2.19. The standard InChI is InChI=1S/C17H26F3N3OS/c1-3-21-16(22-9-4-5-10-25-2)23-12-14-7-6-8-15(11-14)24-13-17(18,19)20/h6-8,11H,3-5,9-10,12-13H2,1-2H3,(H2,21,22,23). The van der Waals surface area contributed by atoms with Gasteiger partial charge < -0.3 is 15.4 Å². The Morgan fingerprint density at radius 2 is 2.04 bits per heavy atom. The van der Waals surface area contributed by atoms with Crippen molar-refractivity contribution < 1.29 is 17.9 Å². The summed E-state index contributed by atoms with van der Waals surface area (Å²) in [5.74, 6) is 2.04. The molecule has 1 rings (SSSR count). The maximum Gasteiger partial charge on any atom is 0.422 e. The lowest BCUT2D eigenvalue weighted by Crippen LogP contribution is -2.37. The first-order valence-corrected chi connectivity index (χ1v) is 9.63. The van der Waals surface area contributed by atoms with Crippen molar-refractivity contribution in [2.24, 2.45) is 4.99 Å². The normalized spacial score (nSPS) is 12.1. The summed E-state index contributed by atoms with van der Waals surface area (Å²) in [5.41, 5.74) is 0.791.